The second-order valence-electron chi connectivity index (χ2n) is 3.09. The van der Waals surface area contributed by atoms with Crippen molar-refractivity contribution in [1.29, 1.82) is 0 Å². The van der Waals surface area contributed by atoms with Crippen LogP contribution >= 0.6 is 0 Å². The molecule has 0 aliphatic carbocycles. The fourth-order valence-corrected chi connectivity index (χ4v) is 1.10. The number of hydrogen-bond donors (Lipinski definition) is 1. The lowest BCUT2D eigenvalue weighted by atomic mass is 10.3. The fourth-order valence-electron chi connectivity index (χ4n) is 1.10. The summed E-state index contributed by atoms with van der Waals surface area (Å²) in [6.45, 7) is 3.38. The van der Waals surface area contributed by atoms with Gasteiger partial charge in [-0.25, -0.2) is 0 Å². The number of carbonyl (C=O) groups is 3. The molecule has 1 heterocycles. The summed E-state index contributed by atoms with van der Waals surface area (Å²) in [5, 5.41) is 0.743. The normalized spacial score (nSPS) is 15.9. The molecule has 0 aromatic rings. The van der Waals surface area contributed by atoms with E-state index in [2.05, 4.69) is 5.43 Å². The first-order valence-electron chi connectivity index (χ1n) is 4.42. The highest BCUT2D eigenvalue weighted by molar-refractivity contribution is 6.16. The molecule has 5 nitrogen and oxygen atoms in total. The van der Waals surface area contributed by atoms with Gasteiger partial charge in [0.15, 0.2) is 0 Å². The van der Waals surface area contributed by atoms with Crippen LogP contribution in [0.5, 0.6) is 0 Å². The summed E-state index contributed by atoms with van der Waals surface area (Å²) in [6.07, 6.45) is 2.18. The maximum Gasteiger partial charge on any atom is 0.275 e. The SMILES string of the molecule is CCCC(=O)NN1C(=O)C=C(C)C1=O. The van der Waals surface area contributed by atoms with Gasteiger partial charge < -0.3 is 0 Å². The molecule has 1 aliphatic heterocycles. The van der Waals surface area contributed by atoms with Crippen molar-refractivity contribution in [2.24, 2.45) is 0 Å². The molecule has 14 heavy (non-hydrogen) atoms. The van der Waals surface area contributed by atoms with Gasteiger partial charge in [0.25, 0.3) is 11.8 Å². The highest BCUT2D eigenvalue weighted by atomic mass is 16.2. The third kappa shape index (κ3) is 1.99. The Morgan fingerprint density at radius 1 is 1.50 bits per heavy atom. The molecule has 0 radical (unpaired) electrons. The molecule has 76 valence electrons. The van der Waals surface area contributed by atoms with Gasteiger partial charge in [0.05, 0.1) is 0 Å². The van der Waals surface area contributed by atoms with Crippen molar-refractivity contribution in [2.45, 2.75) is 26.7 Å². The van der Waals surface area contributed by atoms with Crippen molar-refractivity contribution in [3.05, 3.63) is 11.6 Å². The Hall–Kier alpha value is -1.65. The van der Waals surface area contributed by atoms with Crippen LogP contribution in [0.25, 0.3) is 0 Å². The maximum atomic E-state index is 11.3. The number of carbonyl (C=O) groups excluding carboxylic acids is 3. The van der Waals surface area contributed by atoms with Crippen molar-refractivity contribution in [3.8, 4) is 0 Å². The van der Waals surface area contributed by atoms with E-state index in [1.54, 1.807) is 0 Å². The van der Waals surface area contributed by atoms with Crippen molar-refractivity contribution in [2.75, 3.05) is 0 Å². The van der Waals surface area contributed by atoms with E-state index in [4.69, 9.17) is 0 Å². The summed E-state index contributed by atoms with van der Waals surface area (Å²) in [5.41, 5.74) is 2.59. The Bertz CT molecular complexity index is 320. The Labute approximate surface area is 81.7 Å². The summed E-state index contributed by atoms with van der Waals surface area (Å²) in [6, 6.07) is 0. The van der Waals surface area contributed by atoms with E-state index in [9.17, 15) is 14.4 Å². The molecule has 0 spiro atoms. The Morgan fingerprint density at radius 2 is 2.14 bits per heavy atom. The number of rotatable bonds is 3. The molecule has 0 fully saturated rings. The topological polar surface area (TPSA) is 66.5 Å². The zero-order chi connectivity index (χ0) is 10.7. The average molecular weight is 196 g/mol. The first-order chi connectivity index (χ1) is 6.56. The number of hydrazine groups is 1. The molecule has 1 rings (SSSR count). The molecular weight excluding hydrogens is 184 g/mol. The van der Waals surface area contributed by atoms with Gasteiger partial charge in [-0.1, -0.05) is 6.92 Å². The standard InChI is InChI=1S/C9H12N2O3/c1-3-4-7(12)10-11-8(13)5-6(2)9(11)14/h5H,3-4H2,1-2H3,(H,10,12). The third-order valence-electron chi connectivity index (χ3n) is 1.81. The van der Waals surface area contributed by atoms with E-state index in [-0.39, 0.29) is 5.91 Å². The number of amides is 3. The van der Waals surface area contributed by atoms with Gasteiger partial charge in [0.2, 0.25) is 5.91 Å². The van der Waals surface area contributed by atoms with Gasteiger partial charge in [0, 0.05) is 18.1 Å². The lowest BCUT2D eigenvalue weighted by Crippen LogP contribution is -2.46. The summed E-state index contributed by atoms with van der Waals surface area (Å²) in [5.74, 6) is -1.27. The number of nitrogens with zero attached hydrogens (tertiary/aromatic N) is 1. The van der Waals surface area contributed by atoms with Crippen LogP contribution in [0.4, 0.5) is 0 Å². The van der Waals surface area contributed by atoms with Crippen LogP contribution in [-0.4, -0.2) is 22.7 Å². The Balaban J connectivity index is 2.60. The average Bonchev–Trinajstić information content (AvgIpc) is 2.33. The summed E-state index contributed by atoms with van der Waals surface area (Å²) in [4.78, 5) is 33.5. The first kappa shape index (κ1) is 10.4. The number of hydrogen-bond acceptors (Lipinski definition) is 3. The molecule has 5 heteroatoms. The van der Waals surface area contributed by atoms with Crippen LogP contribution in [0.15, 0.2) is 11.6 Å². The van der Waals surface area contributed by atoms with Crippen molar-refractivity contribution < 1.29 is 14.4 Å². The van der Waals surface area contributed by atoms with E-state index in [0.717, 1.165) is 5.01 Å². The van der Waals surface area contributed by atoms with Crippen LogP contribution in [0.1, 0.15) is 26.7 Å². The zero-order valence-corrected chi connectivity index (χ0v) is 8.16. The number of imide groups is 1. The van der Waals surface area contributed by atoms with Gasteiger partial charge >= 0.3 is 0 Å². The molecule has 0 aromatic heterocycles. The molecule has 0 saturated carbocycles. The lowest BCUT2D eigenvalue weighted by molar-refractivity contribution is -0.146. The molecular formula is C9H12N2O3. The van der Waals surface area contributed by atoms with Crippen molar-refractivity contribution in [1.82, 2.24) is 10.4 Å². The molecule has 0 atom stereocenters. The van der Waals surface area contributed by atoms with E-state index >= 15 is 0 Å². The van der Waals surface area contributed by atoms with E-state index in [0.29, 0.717) is 18.4 Å². The second-order valence-corrected chi connectivity index (χ2v) is 3.09. The predicted octanol–water partition coefficient (Wildman–Crippen LogP) is 0.133. The molecule has 1 aliphatic rings. The predicted molar refractivity (Wildman–Crippen MR) is 48.7 cm³/mol. The van der Waals surface area contributed by atoms with E-state index in [1.807, 2.05) is 6.92 Å². The Morgan fingerprint density at radius 3 is 2.57 bits per heavy atom. The lowest BCUT2D eigenvalue weighted by Gasteiger charge is -2.14. The molecule has 1 N–H and O–H groups in total. The second kappa shape index (κ2) is 4.04. The number of nitrogens with one attached hydrogen (secondary N) is 1. The first-order valence-corrected chi connectivity index (χ1v) is 4.42. The largest absolute Gasteiger partial charge is 0.275 e. The highest BCUT2D eigenvalue weighted by Gasteiger charge is 2.29. The quantitative estimate of drug-likeness (QED) is 0.652. The van der Waals surface area contributed by atoms with Crippen LogP contribution in [-0.2, 0) is 14.4 Å². The van der Waals surface area contributed by atoms with Crippen molar-refractivity contribution >= 4 is 17.7 Å². The van der Waals surface area contributed by atoms with E-state index < -0.39 is 11.8 Å². The van der Waals surface area contributed by atoms with Crippen LogP contribution < -0.4 is 5.43 Å². The van der Waals surface area contributed by atoms with E-state index in [1.165, 1.54) is 13.0 Å². The molecule has 0 bridgehead atoms. The van der Waals surface area contributed by atoms with Crippen LogP contribution in [0.3, 0.4) is 0 Å². The minimum atomic E-state index is -0.489. The maximum absolute atomic E-state index is 11.3. The Kier molecular flexibility index (Phi) is 3.01. The smallest absolute Gasteiger partial charge is 0.273 e. The summed E-state index contributed by atoms with van der Waals surface area (Å²) >= 11 is 0. The molecule has 0 saturated heterocycles. The third-order valence-corrected chi connectivity index (χ3v) is 1.81. The summed E-state index contributed by atoms with van der Waals surface area (Å²) in [7, 11) is 0. The highest BCUT2D eigenvalue weighted by Crippen LogP contribution is 2.09. The van der Waals surface area contributed by atoms with Crippen LogP contribution in [0.2, 0.25) is 0 Å². The molecule has 0 aromatic carbocycles. The van der Waals surface area contributed by atoms with Crippen molar-refractivity contribution in [3.63, 3.8) is 0 Å². The van der Waals surface area contributed by atoms with Gasteiger partial charge in [0.1, 0.15) is 0 Å². The van der Waals surface area contributed by atoms with Gasteiger partial charge in [-0.3, -0.25) is 19.8 Å². The minimum Gasteiger partial charge on any atom is -0.273 e. The fraction of sp³-hybridized carbons (Fsp3) is 0.444. The summed E-state index contributed by atoms with van der Waals surface area (Å²) < 4.78 is 0. The van der Waals surface area contributed by atoms with Gasteiger partial charge in [-0.05, 0) is 13.3 Å². The monoisotopic (exact) mass is 196 g/mol. The molecule has 0 unspecified atom stereocenters. The minimum absolute atomic E-state index is 0.302. The van der Waals surface area contributed by atoms with Gasteiger partial charge in [-0.15, -0.1) is 0 Å². The van der Waals surface area contributed by atoms with Gasteiger partial charge in [-0.2, -0.15) is 5.01 Å². The zero-order valence-electron chi connectivity index (χ0n) is 8.16. The van der Waals surface area contributed by atoms with Crippen LogP contribution in [0, 0.1) is 0 Å². The molecule has 3 amide bonds.